The van der Waals surface area contributed by atoms with Gasteiger partial charge in [-0.3, -0.25) is 4.79 Å². The van der Waals surface area contributed by atoms with Crippen LogP contribution in [0.4, 0.5) is 5.69 Å². The Bertz CT molecular complexity index is 419. The van der Waals surface area contributed by atoms with Crippen molar-refractivity contribution < 1.29 is 19.1 Å². The van der Waals surface area contributed by atoms with E-state index in [1.54, 1.807) is 6.07 Å². The third kappa shape index (κ3) is 2.87. The first-order valence-electron chi connectivity index (χ1n) is 4.31. The van der Waals surface area contributed by atoms with Crippen molar-refractivity contribution in [1.82, 2.24) is 0 Å². The first kappa shape index (κ1) is 12.3. The van der Waals surface area contributed by atoms with Crippen LogP contribution in [0.3, 0.4) is 0 Å². The Kier molecular flexibility index (Phi) is 4.13. The van der Waals surface area contributed by atoms with Gasteiger partial charge in [-0.05, 0) is 12.1 Å². The number of rotatable bonds is 2. The van der Waals surface area contributed by atoms with Crippen LogP contribution in [-0.4, -0.2) is 26.1 Å². The average Bonchev–Trinajstić information content (AvgIpc) is 2.30. The van der Waals surface area contributed by atoms with Crippen LogP contribution in [0.25, 0.3) is 0 Å². The Labute approximate surface area is 97.3 Å². The van der Waals surface area contributed by atoms with Gasteiger partial charge in [0.15, 0.2) is 0 Å². The summed E-state index contributed by atoms with van der Waals surface area (Å²) in [4.78, 5) is 22.0. The highest BCUT2D eigenvalue weighted by Gasteiger charge is 2.15. The fourth-order valence-corrected chi connectivity index (χ4v) is 1.21. The van der Waals surface area contributed by atoms with Crippen LogP contribution in [0.1, 0.15) is 0 Å². The Morgan fingerprint density at radius 1 is 1.31 bits per heavy atom. The largest absolute Gasteiger partial charge is 0.497 e. The number of anilines is 1. The minimum absolute atomic E-state index is 0.275. The standard InChI is InChI=1S/C10H10ClNO4/c1-15-6-3-4-8(7(11)5-6)12-9(13)10(14)16-2/h3-5H,1-2H3,(H,12,13). The molecule has 0 aliphatic heterocycles. The van der Waals surface area contributed by atoms with Crippen molar-refractivity contribution in [2.45, 2.75) is 0 Å². The van der Waals surface area contributed by atoms with Crippen molar-refractivity contribution in [1.29, 1.82) is 0 Å². The SMILES string of the molecule is COC(=O)C(=O)Nc1ccc(OC)cc1Cl. The highest BCUT2D eigenvalue weighted by atomic mass is 35.5. The number of methoxy groups -OCH3 is 2. The molecule has 0 aliphatic carbocycles. The Morgan fingerprint density at radius 3 is 2.50 bits per heavy atom. The van der Waals surface area contributed by atoms with E-state index in [9.17, 15) is 9.59 Å². The number of esters is 1. The number of halogens is 1. The number of benzene rings is 1. The zero-order chi connectivity index (χ0) is 12.1. The molecular weight excluding hydrogens is 234 g/mol. The molecule has 1 amide bonds. The molecule has 0 aliphatic rings. The lowest BCUT2D eigenvalue weighted by Gasteiger charge is -2.07. The van der Waals surface area contributed by atoms with Crippen LogP contribution >= 0.6 is 11.6 Å². The first-order valence-corrected chi connectivity index (χ1v) is 4.69. The maximum atomic E-state index is 11.2. The van der Waals surface area contributed by atoms with Gasteiger partial charge in [0.05, 0.1) is 24.9 Å². The second kappa shape index (κ2) is 5.37. The van der Waals surface area contributed by atoms with Crippen LogP contribution in [0.5, 0.6) is 5.75 Å². The topological polar surface area (TPSA) is 64.6 Å². The number of carbonyl (C=O) groups is 2. The highest BCUT2D eigenvalue weighted by Crippen LogP contribution is 2.26. The molecule has 5 nitrogen and oxygen atoms in total. The number of amides is 1. The van der Waals surface area contributed by atoms with Gasteiger partial charge in [-0.1, -0.05) is 11.6 Å². The van der Waals surface area contributed by atoms with Crippen LogP contribution in [0, 0.1) is 0 Å². The molecule has 1 rings (SSSR count). The van der Waals surface area contributed by atoms with Gasteiger partial charge in [0.25, 0.3) is 0 Å². The summed E-state index contributed by atoms with van der Waals surface area (Å²) in [5.74, 6) is -1.30. The van der Waals surface area contributed by atoms with E-state index < -0.39 is 11.9 Å². The van der Waals surface area contributed by atoms with Gasteiger partial charge in [0.2, 0.25) is 0 Å². The molecule has 0 radical (unpaired) electrons. The van der Waals surface area contributed by atoms with Crippen molar-refractivity contribution in [2.75, 3.05) is 19.5 Å². The molecule has 1 aromatic carbocycles. The van der Waals surface area contributed by atoms with Gasteiger partial charge in [-0.15, -0.1) is 0 Å². The molecule has 0 aromatic heterocycles. The van der Waals surface area contributed by atoms with E-state index in [4.69, 9.17) is 16.3 Å². The van der Waals surface area contributed by atoms with Crippen molar-refractivity contribution >= 4 is 29.2 Å². The minimum Gasteiger partial charge on any atom is -0.497 e. The minimum atomic E-state index is -0.980. The number of carbonyl (C=O) groups excluding carboxylic acids is 2. The normalized spacial score (nSPS) is 9.44. The molecule has 6 heteroatoms. The lowest BCUT2D eigenvalue weighted by atomic mass is 10.3. The van der Waals surface area contributed by atoms with Crippen molar-refractivity contribution in [3.8, 4) is 5.75 Å². The summed E-state index contributed by atoms with van der Waals surface area (Å²) < 4.78 is 9.19. The lowest BCUT2D eigenvalue weighted by Crippen LogP contribution is -2.23. The van der Waals surface area contributed by atoms with E-state index in [0.29, 0.717) is 11.4 Å². The number of hydrogen-bond acceptors (Lipinski definition) is 4. The van der Waals surface area contributed by atoms with E-state index >= 15 is 0 Å². The van der Waals surface area contributed by atoms with E-state index in [2.05, 4.69) is 10.1 Å². The zero-order valence-electron chi connectivity index (χ0n) is 8.74. The predicted molar refractivity (Wildman–Crippen MR) is 58.6 cm³/mol. The van der Waals surface area contributed by atoms with Crippen molar-refractivity contribution in [2.24, 2.45) is 0 Å². The Balaban J connectivity index is 2.82. The van der Waals surface area contributed by atoms with E-state index in [0.717, 1.165) is 7.11 Å². The molecule has 1 aromatic rings. The van der Waals surface area contributed by atoms with Gasteiger partial charge >= 0.3 is 11.9 Å². The maximum absolute atomic E-state index is 11.2. The number of nitrogens with one attached hydrogen (secondary N) is 1. The van der Waals surface area contributed by atoms with Gasteiger partial charge in [-0.2, -0.15) is 0 Å². The van der Waals surface area contributed by atoms with Crippen LogP contribution < -0.4 is 10.1 Å². The summed E-state index contributed by atoms with van der Waals surface area (Å²) in [7, 11) is 2.62. The third-order valence-corrected chi connectivity index (χ3v) is 2.11. The van der Waals surface area contributed by atoms with Gasteiger partial charge in [0, 0.05) is 6.07 Å². The van der Waals surface area contributed by atoms with Gasteiger partial charge in [0.1, 0.15) is 5.75 Å². The fourth-order valence-electron chi connectivity index (χ4n) is 0.990. The summed E-state index contributed by atoms with van der Waals surface area (Å²) in [6, 6.07) is 4.66. The fraction of sp³-hybridized carbons (Fsp3) is 0.200. The summed E-state index contributed by atoms with van der Waals surface area (Å²) in [6.07, 6.45) is 0. The second-order valence-electron chi connectivity index (χ2n) is 2.79. The third-order valence-electron chi connectivity index (χ3n) is 1.80. The van der Waals surface area contributed by atoms with Gasteiger partial charge in [-0.25, -0.2) is 4.79 Å². The highest BCUT2D eigenvalue weighted by molar-refractivity contribution is 6.39. The molecule has 1 N–H and O–H groups in total. The molecule has 0 fully saturated rings. The molecule has 0 saturated carbocycles. The van der Waals surface area contributed by atoms with Crippen LogP contribution in [0.2, 0.25) is 5.02 Å². The van der Waals surface area contributed by atoms with Crippen LogP contribution in [0.15, 0.2) is 18.2 Å². The Morgan fingerprint density at radius 2 is 2.00 bits per heavy atom. The maximum Gasteiger partial charge on any atom is 0.396 e. The molecule has 0 spiro atoms. The molecule has 86 valence electrons. The smallest absolute Gasteiger partial charge is 0.396 e. The Hall–Kier alpha value is -1.75. The molecule has 0 heterocycles. The number of hydrogen-bond donors (Lipinski definition) is 1. The molecule has 0 unspecified atom stereocenters. The quantitative estimate of drug-likeness (QED) is 0.631. The molecule has 16 heavy (non-hydrogen) atoms. The van der Waals surface area contributed by atoms with E-state index in [1.807, 2.05) is 0 Å². The average molecular weight is 244 g/mol. The van der Waals surface area contributed by atoms with E-state index in [-0.39, 0.29) is 5.02 Å². The van der Waals surface area contributed by atoms with Crippen molar-refractivity contribution in [3.05, 3.63) is 23.2 Å². The molecular formula is C10H10ClNO4. The van der Waals surface area contributed by atoms with Crippen molar-refractivity contribution in [3.63, 3.8) is 0 Å². The molecule has 0 atom stereocenters. The summed E-state index contributed by atoms with van der Waals surface area (Å²) in [6.45, 7) is 0. The first-order chi connectivity index (χ1) is 7.58. The monoisotopic (exact) mass is 243 g/mol. The van der Waals surface area contributed by atoms with Gasteiger partial charge < -0.3 is 14.8 Å². The van der Waals surface area contributed by atoms with E-state index in [1.165, 1.54) is 19.2 Å². The zero-order valence-corrected chi connectivity index (χ0v) is 9.50. The summed E-state index contributed by atoms with van der Waals surface area (Å²) in [5, 5.41) is 2.59. The second-order valence-corrected chi connectivity index (χ2v) is 3.20. The lowest BCUT2D eigenvalue weighted by molar-refractivity contribution is -0.150. The summed E-state index contributed by atoms with van der Waals surface area (Å²) >= 11 is 5.85. The predicted octanol–water partition coefficient (Wildman–Crippen LogP) is 1.46. The molecule has 0 saturated heterocycles. The summed E-state index contributed by atoms with van der Waals surface area (Å²) in [5.41, 5.74) is 0.317. The molecule has 0 bridgehead atoms. The van der Waals surface area contributed by atoms with Crippen LogP contribution in [-0.2, 0) is 14.3 Å². The number of ether oxygens (including phenoxy) is 2.